The Morgan fingerprint density at radius 1 is 1.00 bits per heavy atom. The second-order valence-electron chi connectivity index (χ2n) is 5.67. The van der Waals surface area contributed by atoms with Crippen LogP contribution in [0.1, 0.15) is 10.4 Å². The van der Waals surface area contributed by atoms with E-state index in [-0.39, 0.29) is 17.4 Å². The molecule has 8 nitrogen and oxygen atoms in total. The molecule has 4 rings (SSSR count). The summed E-state index contributed by atoms with van der Waals surface area (Å²) in [5.41, 5.74) is 0.669. The van der Waals surface area contributed by atoms with Crippen molar-refractivity contribution in [3.8, 4) is 23.0 Å². The zero-order valence-electron chi connectivity index (χ0n) is 14.0. The Labute approximate surface area is 158 Å². The van der Waals surface area contributed by atoms with Crippen molar-refractivity contribution in [2.45, 2.75) is 0 Å². The van der Waals surface area contributed by atoms with Crippen molar-refractivity contribution in [1.82, 2.24) is 0 Å². The van der Waals surface area contributed by atoms with Crippen molar-refractivity contribution in [2.75, 3.05) is 31.9 Å². The maximum Gasteiger partial charge on any atom is 0.338 e. The van der Waals surface area contributed by atoms with E-state index in [0.29, 0.717) is 41.9 Å². The van der Waals surface area contributed by atoms with Gasteiger partial charge in [-0.25, -0.2) is 4.79 Å². The predicted molar refractivity (Wildman–Crippen MR) is 93.9 cm³/mol. The number of fused-ring (bicyclic) bond motifs is 2. The van der Waals surface area contributed by atoms with Gasteiger partial charge in [-0.3, -0.25) is 4.79 Å². The molecule has 2 aliphatic rings. The Morgan fingerprint density at radius 2 is 1.81 bits per heavy atom. The Balaban J connectivity index is 1.35. The molecular formula is C18H14ClNO7. The molecule has 2 aliphatic heterocycles. The lowest BCUT2D eigenvalue weighted by molar-refractivity contribution is -0.119. The molecule has 1 N–H and O–H groups in total. The number of esters is 1. The summed E-state index contributed by atoms with van der Waals surface area (Å²) in [6.07, 6.45) is 0. The highest BCUT2D eigenvalue weighted by Crippen LogP contribution is 2.40. The van der Waals surface area contributed by atoms with Crippen LogP contribution in [-0.4, -0.2) is 38.5 Å². The molecule has 9 heteroatoms. The maximum atomic E-state index is 12.2. The number of ether oxygens (including phenoxy) is 5. The first-order chi connectivity index (χ1) is 13.1. The van der Waals surface area contributed by atoms with Crippen LogP contribution in [0.4, 0.5) is 5.69 Å². The number of hydrogen-bond donors (Lipinski definition) is 1. The zero-order valence-corrected chi connectivity index (χ0v) is 14.7. The number of carbonyl (C=O) groups is 2. The molecule has 27 heavy (non-hydrogen) atoms. The number of benzene rings is 2. The standard InChI is InChI=1S/C18H14ClNO7/c19-12-5-10(6-15-17(12)27-9-26-15)18(22)25-8-16(21)20-11-1-2-13-14(7-11)24-4-3-23-13/h1-2,5-7H,3-4,8-9H2,(H,20,21). The number of amides is 1. The number of nitrogens with one attached hydrogen (secondary N) is 1. The van der Waals surface area contributed by atoms with Crippen molar-refractivity contribution >= 4 is 29.2 Å². The van der Waals surface area contributed by atoms with Crippen LogP contribution < -0.4 is 24.3 Å². The first-order valence-corrected chi connectivity index (χ1v) is 8.44. The minimum atomic E-state index is -0.701. The summed E-state index contributed by atoms with van der Waals surface area (Å²) in [5, 5.41) is 2.86. The summed E-state index contributed by atoms with van der Waals surface area (Å²) >= 11 is 6.03. The second kappa shape index (κ2) is 7.24. The van der Waals surface area contributed by atoms with Crippen molar-refractivity contribution in [3.63, 3.8) is 0 Å². The lowest BCUT2D eigenvalue weighted by atomic mass is 10.2. The first kappa shape index (κ1) is 17.3. The summed E-state index contributed by atoms with van der Waals surface area (Å²) in [4.78, 5) is 24.2. The second-order valence-corrected chi connectivity index (χ2v) is 6.08. The van der Waals surface area contributed by atoms with E-state index >= 15 is 0 Å². The third-order valence-corrected chi connectivity index (χ3v) is 4.10. The number of anilines is 1. The van der Waals surface area contributed by atoms with Crippen LogP contribution in [0.2, 0.25) is 5.02 Å². The van der Waals surface area contributed by atoms with Gasteiger partial charge in [0.25, 0.3) is 5.91 Å². The summed E-state index contributed by atoms with van der Waals surface area (Å²) in [7, 11) is 0. The molecule has 1 amide bonds. The molecule has 2 aromatic carbocycles. The van der Waals surface area contributed by atoms with Gasteiger partial charge in [0, 0.05) is 11.8 Å². The van der Waals surface area contributed by atoms with Crippen LogP contribution in [-0.2, 0) is 9.53 Å². The van der Waals surface area contributed by atoms with Crippen LogP contribution in [0.5, 0.6) is 23.0 Å². The quantitative estimate of drug-likeness (QED) is 0.801. The van der Waals surface area contributed by atoms with E-state index in [2.05, 4.69) is 5.32 Å². The zero-order chi connectivity index (χ0) is 18.8. The van der Waals surface area contributed by atoms with Crippen LogP contribution in [0.3, 0.4) is 0 Å². The van der Waals surface area contributed by atoms with E-state index in [1.807, 2.05) is 0 Å². The van der Waals surface area contributed by atoms with Gasteiger partial charge in [0.05, 0.1) is 10.6 Å². The minimum absolute atomic E-state index is 0.0332. The van der Waals surface area contributed by atoms with E-state index < -0.39 is 18.5 Å². The van der Waals surface area contributed by atoms with Gasteiger partial charge >= 0.3 is 5.97 Å². The minimum Gasteiger partial charge on any atom is -0.486 e. The van der Waals surface area contributed by atoms with E-state index in [9.17, 15) is 9.59 Å². The van der Waals surface area contributed by atoms with Crippen molar-refractivity contribution in [1.29, 1.82) is 0 Å². The highest BCUT2D eigenvalue weighted by atomic mass is 35.5. The third kappa shape index (κ3) is 3.70. The fraction of sp³-hybridized carbons (Fsp3) is 0.222. The number of halogens is 1. The fourth-order valence-electron chi connectivity index (χ4n) is 2.62. The lowest BCUT2D eigenvalue weighted by Gasteiger charge is -2.19. The lowest BCUT2D eigenvalue weighted by Crippen LogP contribution is -2.21. The topological polar surface area (TPSA) is 92.3 Å². The average molecular weight is 392 g/mol. The average Bonchev–Trinajstić information content (AvgIpc) is 3.15. The fourth-order valence-corrected chi connectivity index (χ4v) is 2.88. The highest BCUT2D eigenvalue weighted by molar-refractivity contribution is 6.32. The molecular weight excluding hydrogens is 378 g/mol. The van der Waals surface area contributed by atoms with E-state index in [0.717, 1.165) is 0 Å². The number of carbonyl (C=O) groups excluding carboxylic acids is 2. The van der Waals surface area contributed by atoms with Gasteiger partial charge < -0.3 is 29.0 Å². The van der Waals surface area contributed by atoms with Crippen molar-refractivity contribution in [3.05, 3.63) is 40.9 Å². The summed E-state index contributed by atoms with van der Waals surface area (Å²) in [5.74, 6) is 0.704. The van der Waals surface area contributed by atoms with E-state index in [4.69, 9.17) is 35.3 Å². The number of rotatable bonds is 4. The molecule has 2 heterocycles. The third-order valence-electron chi connectivity index (χ3n) is 3.82. The summed E-state index contributed by atoms with van der Waals surface area (Å²) in [6, 6.07) is 7.87. The molecule has 0 saturated carbocycles. The molecule has 0 saturated heterocycles. The number of hydrogen-bond acceptors (Lipinski definition) is 7. The molecule has 0 bridgehead atoms. The molecule has 0 aromatic heterocycles. The molecule has 140 valence electrons. The molecule has 0 atom stereocenters. The van der Waals surface area contributed by atoms with Gasteiger partial charge in [0.2, 0.25) is 6.79 Å². The molecule has 0 spiro atoms. The normalized spacial score (nSPS) is 13.8. The van der Waals surface area contributed by atoms with Crippen LogP contribution >= 0.6 is 11.6 Å². The van der Waals surface area contributed by atoms with Crippen LogP contribution in [0.15, 0.2) is 30.3 Å². The molecule has 2 aromatic rings. The monoisotopic (exact) mass is 391 g/mol. The van der Waals surface area contributed by atoms with Gasteiger partial charge in [-0.05, 0) is 24.3 Å². The van der Waals surface area contributed by atoms with Crippen molar-refractivity contribution < 1.29 is 33.3 Å². The largest absolute Gasteiger partial charge is 0.486 e. The SMILES string of the molecule is O=C(COC(=O)c1cc(Cl)c2c(c1)OCO2)Nc1ccc2c(c1)OCCO2. The Kier molecular flexibility index (Phi) is 4.64. The van der Waals surface area contributed by atoms with E-state index in [1.54, 1.807) is 18.2 Å². The summed E-state index contributed by atoms with van der Waals surface area (Å²) in [6.45, 7) is 0.503. The van der Waals surface area contributed by atoms with Crippen LogP contribution in [0.25, 0.3) is 0 Å². The first-order valence-electron chi connectivity index (χ1n) is 8.06. The predicted octanol–water partition coefficient (Wildman–Crippen LogP) is 2.64. The maximum absolute atomic E-state index is 12.2. The molecule has 0 unspecified atom stereocenters. The van der Waals surface area contributed by atoms with Gasteiger partial charge in [-0.15, -0.1) is 0 Å². The van der Waals surface area contributed by atoms with Gasteiger partial charge in [0.1, 0.15) is 13.2 Å². The van der Waals surface area contributed by atoms with Gasteiger partial charge in [-0.1, -0.05) is 11.6 Å². The molecule has 0 aliphatic carbocycles. The van der Waals surface area contributed by atoms with Gasteiger partial charge in [-0.2, -0.15) is 0 Å². The Bertz CT molecular complexity index is 915. The van der Waals surface area contributed by atoms with Crippen LogP contribution in [0, 0.1) is 0 Å². The molecule has 0 radical (unpaired) electrons. The van der Waals surface area contributed by atoms with E-state index in [1.165, 1.54) is 12.1 Å². The smallest absolute Gasteiger partial charge is 0.338 e. The molecule has 0 fully saturated rings. The van der Waals surface area contributed by atoms with Gasteiger partial charge in [0.15, 0.2) is 29.6 Å². The Hall–Kier alpha value is -3.13. The summed E-state index contributed by atoms with van der Waals surface area (Å²) < 4.78 is 26.3. The Morgan fingerprint density at radius 3 is 2.67 bits per heavy atom. The highest BCUT2D eigenvalue weighted by Gasteiger charge is 2.22. The van der Waals surface area contributed by atoms with Crippen molar-refractivity contribution in [2.24, 2.45) is 0 Å².